The number of rotatable bonds is 12. The van der Waals surface area contributed by atoms with Gasteiger partial charge in [0.2, 0.25) is 0 Å². The summed E-state index contributed by atoms with van der Waals surface area (Å²) in [6.07, 6.45) is 1.76. The van der Waals surface area contributed by atoms with Gasteiger partial charge in [-0.05, 0) is 60.7 Å². The first-order valence-electron chi connectivity index (χ1n) is 10.2. The Morgan fingerprint density at radius 2 is 1.07 bits per heavy atom. The monoisotopic (exact) mass is 480 g/mol. The molecule has 0 aliphatic carbocycles. The average molecular weight is 481 g/mol. The van der Waals surface area contributed by atoms with Crippen molar-refractivity contribution < 1.29 is 18.9 Å². The Morgan fingerprint density at radius 3 is 1.48 bits per heavy atom. The fourth-order valence-electron chi connectivity index (χ4n) is 2.43. The lowest BCUT2D eigenvalue weighted by Crippen LogP contribution is -2.48. The van der Waals surface area contributed by atoms with E-state index in [1.807, 2.05) is 27.7 Å². The molecule has 4 nitrogen and oxygen atoms in total. The first-order chi connectivity index (χ1) is 13.5. The summed E-state index contributed by atoms with van der Waals surface area (Å²) in [6, 6.07) is 0. The van der Waals surface area contributed by atoms with Crippen LogP contribution in [-0.2, 0) is 18.9 Å². The third-order valence-corrected chi connectivity index (χ3v) is 5.50. The molecular weight excluding hydrogens is 444 g/mol. The minimum Gasteiger partial charge on any atom is -0.483 e. The van der Waals surface area contributed by atoms with Gasteiger partial charge >= 0.3 is 0 Å². The van der Waals surface area contributed by atoms with Gasteiger partial charge in [-0.3, -0.25) is 0 Å². The molecule has 0 rings (SSSR count). The zero-order valence-corrected chi connectivity index (χ0v) is 22.0. The first-order valence-corrected chi connectivity index (χ1v) is 11.8. The molecule has 0 amide bonds. The summed E-state index contributed by atoms with van der Waals surface area (Å²) in [5.74, 6) is 0. The predicted molar refractivity (Wildman–Crippen MR) is 136 cm³/mol. The Bertz CT molecular complexity index is 557. The van der Waals surface area contributed by atoms with Crippen LogP contribution in [0.4, 0.5) is 0 Å². The number of thiocarbonyl (C=S) groups is 4. The Labute approximate surface area is 198 Å². The highest BCUT2D eigenvalue weighted by Gasteiger charge is 2.39. The van der Waals surface area contributed by atoms with E-state index in [2.05, 4.69) is 20.8 Å². The van der Waals surface area contributed by atoms with Crippen molar-refractivity contribution in [1.82, 2.24) is 0 Å². The van der Waals surface area contributed by atoms with Crippen LogP contribution in [0.5, 0.6) is 0 Å². The van der Waals surface area contributed by atoms with Gasteiger partial charge in [-0.25, -0.2) is 0 Å². The molecule has 0 bridgehead atoms. The van der Waals surface area contributed by atoms with E-state index in [1.54, 1.807) is 0 Å². The molecular formula is C21H36O4S4. The van der Waals surface area contributed by atoms with Crippen molar-refractivity contribution >= 4 is 69.1 Å². The summed E-state index contributed by atoms with van der Waals surface area (Å²) in [5.41, 5.74) is -0.0289. The van der Waals surface area contributed by atoms with Crippen molar-refractivity contribution in [2.24, 2.45) is 5.41 Å². The van der Waals surface area contributed by atoms with Gasteiger partial charge in [0.15, 0.2) is 32.4 Å². The zero-order chi connectivity index (χ0) is 22.6. The van der Waals surface area contributed by atoms with Crippen molar-refractivity contribution in [3.05, 3.63) is 0 Å². The molecule has 0 spiro atoms. The van der Waals surface area contributed by atoms with Gasteiger partial charge in [-0.2, -0.15) is 0 Å². The van der Waals surface area contributed by atoms with Crippen LogP contribution in [0.1, 0.15) is 80.6 Å². The van der Waals surface area contributed by atoms with Crippen molar-refractivity contribution in [3.63, 3.8) is 0 Å². The van der Waals surface area contributed by atoms with Crippen LogP contribution < -0.4 is 0 Å². The van der Waals surface area contributed by atoms with Gasteiger partial charge in [0.25, 0.3) is 0 Å². The van der Waals surface area contributed by atoms with E-state index in [0.717, 1.165) is 0 Å². The molecule has 168 valence electrons. The second-order valence-corrected chi connectivity index (χ2v) is 9.69. The second kappa shape index (κ2) is 14.5. The second-order valence-electron chi connectivity index (χ2n) is 7.87. The van der Waals surface area contributed by atoms with Crippen LogP contribution in [0, 0.1) is 5.41 Å². The lowest BCUT2D eigenvalue weighted by molar-refractivity contribution is -0.0648. The van der Waals surface area contributed by atoms with Crippen LogP contribution in [0.3, 0.4) is 0 Å². The van der Waals surface area contributed by atoms with Gasteiger partial charge in [-0.15, -0.1) is 0 Å². The van der Waals surface area contributed by atoms with E-state index in [1.165, 1.54) is 0 Å². The Balaban J connectivity index is 5.96. The van der Waals surface area contributed by atoms with Crippen LogP contribution >= 0.6 is 48.9 Å². The normalized spacial score (nSPS) is 14.3. The maximum Gasteiger partial charge on any atom is 0.176 e. The van der Waals surface area contributed by atoms with E-state index in [-0.39, 0.29) is 18.1 Å². The number of ether oxygens (including phenoxy) is 4. The summed E-state index contributed by atoms with van der Waals surface area (Å²) >= 11 is 21.3. The molecule has 1 unspecified atom stereocenters. The van der Waals surface area contributed by atoms with E-state index in [0.29, 0.717) is 52.3 Å². The van der Waals surface area contributed by atoms with E-state index >= 15 is 0 Å². The highest BCUT2D eigenvalue weighted by atomic mass is 32.1. The summed E-state index contributed by atoms with van der Waals surface area (Å²) < 4.78 is 24.1. The molecule has 0 radical (unpaired) electrons. The minimum atomic E-state index is -0.532. The number of hydrogen-bond donors (Lipinski definition) is 0. The maximum atomic E-state index is 6.17. The Hall–Kier alpha value is -0.440. The topological polar surface area (TPSA) is 36.9 Å². The predicted octanol–water partition coefficient (Wildman–Crippen LogP) is 6.54. The molecule has 8 heteroatoms. The summed E-state index contributed by atoms with van der Waals surface area (Å²) in [5, 5.41) is 1.99. The quantitative estimate of drug-likeness (QED) is 0.291. The average Bonchev–Trinajstić information content (AvgIpc) is 2.66. The highest BCUT2D eigenvalue weighted by molar-refractivity contribution is 7.80. The fraction of sp³-hybridized carbons (Fsp3) is 0.810. The SMILES string of the molecule is CCC(=S)OC[C@@H](OC(=S)CC)[C@@H](OC(=S)CC)C(CC(C)(C)C)OC(=S)CC. The molecule has 0 fully saturated rings. The molecule has 0 heterocycles. The largest absolute Gasteiger partial charge is 0.483 e. The number of hydrogen-bond acceptors (Lipinski definition) is 8. The van der Waals surface area contributed by atoms with Crippen LogP contribution in [0.2, 0.25) is 0 Å². The molecule has 29 heavy (non-hydrogen) atoms. The molecule has 0 N–H and O–H groups in total. The zero-order valence-electron chi connectivity index (χ0n) is 18.7. The molecule has 0 aromatic rings. The third kappa shape index (κ3) is 12.8. The first kappa shape index (κ1) is 28.6. The van der Waals surface area contributed by atoms with Crippen molar-refractivity contribution in [1.29, 1.82) is 0 Å². The summed E-state index contributed by atoms with van der Waals surface area (Å²) in [6.45, 7) is 14.4. The summed E-state index contributed by atoms with van der Waals surface area (Å²) in [4.78, 5) is 0. The highest BCUT2D eigenvalue weighted by Crippen LogP contribution is 2.28. The van der Waals surface area contributed by atoms with E-state index in [9.17, 15) is 0 Å². The van der Waals surface area contributed by atoms with Gasteiger partial charge in [0.05, 0.1) is 0 Å². The van der Waals surface area contributed by atoms with Crippen LogP contribution in [-0.4, -0.2) is 45.1 Å². The maximum absolute atomic E-state index is 6.17. The standard InChI is InChI=1S/C21H36O4S4/c1-8-16(26)22-13-15(24-18(28)10-3)20(25-19(29)11-4)14(12-21(5,6)7)23-17(27)9-2/h14-15,20H,8-13H2,1-7H3/t14?,15-,20+/m1/s1. The van der Waals surface area contributed by atoms with Crippen LogP contribution in [0.25, 0.3) is 0 Å². The lowest BCUT2D eigenvalue weighted by atomic mass is 9.86. The molecule has 0 aromatic carbocycles. The third-order valence-electron chi connectivity index (χ3n) is 3.94. The molecule has 0 saturated heterocycles. The van der Waals surface area contributed by atoms with Gasteiger partial charge in [0.1, 0.15) is 12.7 Å². The molecule has 0 aliphatic rings. The molecule has 0 saturated carbocycles. The van der Waals surface area contributed by atoms with Gasteiger partial charge in [-0.1, -0.05) is 48.5 Å². The van der Waals surface area contributed by atoms with Crippen LogP contribution in [0.15, 0.2) is 0 Å². The van der Waals surface area contributed by atoms with Crippen molar-refractivity contribution in [3.8, 4) is 0 Å². The van der Waals surface area contributed by atoms with Gasteiger partial charge in [0, 0.05) is 25.7 Å². The van der Waals surface area contributed by atoms with Crippen molar-refractivity contribution in [2.75, 3.05) is 6.61 Å². The lowest BCUT2D eigenvalue weighted by Gasteiger charge is -2.36. The Morgan fingerprint density at radius 1 is 0.655 bits per heavy atom. The Kier molecular flexibility index (Phi) is 14.3. The van der Waals surface area contributed by atoms with Gasteiger partial charge < -0.3 is 18.9 Å². The van der Waals surface area contributed by atoms with E-state index < -0.39 is 12.2 Å². The summed E-state index contributed by atoms with van der Waals surface area (Å²) in [7, 11) is 0. The molecule has 0 aliphatic heterocycles. The molecule has 3 atom stereocenters. The van der Waals surface area contributed by atoms with Crippen molar-refractivity contribution in [2.45, 2.75) is 98.9 Å². The van der Waals surface area contributed by atoms with E-state index in [4.69, 9.17) is 67.8 Å². The fourth-order valence-corrected chi connectivity index (χ4v) is 2.86. The molecule has 0 aromatic heterocycles. The smallest absolute Gasteiger partial charge is 0.176 e. The minimum absolute atomic E-state index is 0.0289.